The average molecular weight is 402 g/mol. The van der Waals surface area contributed by atoms with E-state index in [1.165, 1.54) is 50.2 Å². The number of rotatable bonds is 4. The van der Waals surface area contributed by atoms with Crippen LogP contribution in [-0.2, 0) is 5.92 Å². The number of hydrogen-bond acceptors (Lipinski definition) is 0. The summed E-state index contributed by atoms with van der Waals surface area (Å²) < 4.78 is 55.2. The fourth-order valence-electron chi connectivity index (χ4n) is 4.79. The van der Waals surface area contributed by atoms with E-state index in [1.54, 1.807) is 6.07 Å². The summed E-state index contributed by atoms with van der Waals surface area (Å²) in [6, 6.07) is 12.5. The lowest BCUT2D eigenvalue weighted by Crippen LogP contribution is -2.38. The highest BCUT2D eigenvalue weighted by Gasteiger charge is 2.57. The molecule has 0 atom stereocenters. The van der Waals surface area contributed by atoms with Crippen molar-refractivity contribution in [2.45, 2.75) is 63.2 Å². The molecule has 0 N–H and O–H groups in total. The molecular formula is C25H26F4. The van der Waals surface area contributed by atoms with Crippen molar-refractivity contribution < 1.29 is 17.6 Å². The summed E-state index contributed by atoms with van der Waals surface area (Å²) in [6.45, 7) is 2.24. The molecule has 1 fully saturated rings. The molecule has 0 spiro atoms. The summed E-state index contributed by atoms with van der Waals surface area (Å²) >= 11 is 0. The fraction of sp³-hybridized carbons (Fsp3) is 0.440. The Hall–Kier alpha value is -2.10. The van der Waals surface area contributed by atoms with Crippen LogP contribution in [0, 0.1) is 5.92 Å². The lowest BCUT2D eigenvalue weighted by Gasteiger charge is -2.29. The van der Waals surface area contributed by atoms with E-state index in [9.17, 15) is 17.6 Å². The van der Waals surface area contributed by atoms with Crippen LogP contribution in [-0.4, -0.2) is 5.92 Å². The zero-order valence-electron chi connectivity index (χ0n) is 16.6. The second-order valence-corrected chi connectivity index (χ2v) is 8.46. The van der Waals surface area contributed by atoms with Gasteiger partial charge in [-0.15, -0.1) is 0 Å². The average Bonchev–Trinajstić information content (AvgIpc) is 2.72. The smallest absolute Gasteiger partial charge is 0.195 e. The van der Waals surface area contributed by atoms with E-state index in [-0.39, 0.29) is 5.56 Å². The van der Waals surface area contributed by atoms with Crippen LogP contribution in [0.3, 0.4) is 0 Å². The van der Waals surface area contributed by atoms with E-state index in [2.05, 4.69) is 19.1 Å². The number of allylic oxidation sites excluding steroid dienone is 1. The van der Waals surface area contributed by atoms with Crippen molar-refractivity contribution in [2.75, 3.05) is 0 Å². The largest absolute Gasteiger partial charge is 0.339 e. The fourth-order valence-corrected chi connectivity index (χ4v) is 4.79. The molecule has 0 nitrogen and oxygen atoms in total. The maximum atomic E-state index is 14.0. The van der Waals surface area contributed by atoms with E-state index in [4.69, 9.17) is 0 Å². The van der Waals surface area contributed by atoms with Crippen molar-refractivity contribution in [2.24, 2.45) is 5.92 Å². The van der Waals surface area contributed by atoms with Gasteiger partial charge in [-0.25, -0.2) is 0 Å². The number of benzene rings is 2. The SMILES string of the molecule is CCCC1CCC(c2ccc(-c3ccc4c(c3)C=CC(F)(F)C4(F)F)cc2)CC1. The van der Waals surface area contributed by atoms with Crippen molar-refractivity contribution >= 4 is 6.08 Å². The molecule has 0 aliphatic heterocycles. The van der Waals surface area contributed by atoms with Gasteiger partial charge in [0, 0.05) is 5.56 Å². The number of fused-ring (bicyclic) bond motifs is 1. The Balaban J connectivity index is 1.52. The first kappa shape index (κ1) is 20.2. The molecule has 0 unspecified atom stereocenters. The molecule has 154 valence electrons. The van der Waals surface area contributed by atoms with Crippen LogP contribution in [0.5, 0.6) is 0 Å². The van der Waals surface area contributed by atoms with Gasteiger partial charge in [0.25, 0.3) is 0 Å². The topological polar surface area (TPSA) is 0 Å². The molecule has 0 heterocycles. The monoisotopic (exact) mass is 402 g/mol. The first-order valence-electron chi connectivity index (χ1n) is 10.5. The maximum Gasteiger partial charge on any atom is 0.339 e. The minimum atomic E-state index is -4.18. The zero-order chi connectivity index (χ0) is 20.6. The highest BCUT2D eigenvalue weighted by atomic mass is 19.3. The Labute approximate surface area is 169 Å². The third-order valence-electron chi connectivity index (χ3n) is 6.54. The lowest BCUT2D eigenvalue weighted by molar-refractivity contribution is -0.187. The van der Waals surface area contributed by atoms with Gasteiger partial charge in [0.1, 0.15) is 0 Å². The Kier molecular flexibility index (Phi) is 5.30. The quantitative estimate of drug-likeness (QED) is 0.452. The summed E-state index contributed by atoms with van der Waals surface area (Å²) in [5.41, 5.74) is 2.52. The normalized spacial score (nSPS) is 24.9. The molecule has 4 heteroatoms. The van der Waals surface area contributed by atoms with Crippen LogP contribution in [0.4, 0.5) is 17.6 Å². The van der Waals surface area contributed by atoms with Gasteiger partial charge in [-0.2, -0.15) is 17.6 Å². The van der Waals surface area contributed by atoms with Gasteiger partial charge in [-0.05, 0) is 71.9 Å². The molecular weight excluding hydrogens is 376 g/mol. The van der Waals surface area contributed by atoms with Crippen molar-refractivity contribution in [1.82, 2.24) is 0 Å². The van der Waals surface area contributed by atoms with Crippen LogP contribution in [0.1, 0.15) is 68.1 Å². The molecule has 0 bridgehead atoms. The van der Waals surface area contributed by atoms with E-state index in [1.807, 2.05) is 12.1 Å². The zero-order valence-corrected chi connectivity index (χ0v) is 16.6. The van der Waals surface area contributed by atoms with Crippen LogP contribution in [0.25, 0.3) is 17.2 Å². The van der Waals surface area contributed by atoms with Crippen LogP contribution in [0.15, 0.2) is 48.5 Å². The highest BCUT2D eigenvalue weighted by Crippen LogP contribution is 2.49. The maximum absolute atomic E-state index is 14.0. The number of halogens is 4. The molecule has 2 aliphatic rings. The van der Waals surface area contributed by atoms with Gasteiger partial charge in [-0.1, -0.05) is 62.2 Å². The second-order valence-electron chi connectivity index (χ2n) is 8.46. The molecule has 2 aliphatic carbocycles. The minimum absolute atomic E-state index is 0.150. The van der Waals surface area contributed by atoms with Crippen LogP contribution >= 0.6 is 0 Å². The van der Waals surface area contributed by atoms with E-state index in [0.29, 0.717) is 12.0 Å². The molecule has 2 aromatic carbocycles. The van der Waals surface area contributed by atoms with Gasteiger partial charge in [0.15, 0.2) is 0 Å². The molecule has 2 aromatic rings. The number of alkyl halides is 4. The van der Waals surface area contributed by atoms with Crippen molar-refractivity contribution in [3.8, 4) is 11.1 Å². The second kappa shape index (κ2) is 7.62. The molecule has 4 rings (SSSR count). The minimum Gasteiger partial charge on any atom is -0.195 e. The Morgan fingerprint density at radius 2 is 1.52 bits per heavy atom. The highest BCUT2D eigenvalue weighted by molar-refractivity contribution is 5.71. The standard InChI is InChI=1S/C25H26F4/c1-2-3-17-4-6-18(7-5-17)19-8-10-20(11-9-19)21-12-13-23-22(16-21)14-15-24(26,27)25(23,28)29/h8-18H,2-7H2,1H3. The summed E-state index contributed by atoms with van der Waals surface area (Å²) in [5.74, 6) is -6.89. The van der Waals surface area contributed by atoms with Gasteiger partial charge in [-0.3, -0.25) is 0 Å². The number of hydrogen-bond donors (Lipinski definition) is 0. The molecule has 0 saturated heterocycles. The van der Waals surface area contributed by atoms with Gasteiger partial charge in [0.2, 0.25) is 0 Å². The Bertz CT molecular complexity index is 888. The first-order chi connectivity index (χ1) is 13.8. The predicted molar refractivity (Wildman–Crippen MR) is 109 cm³/mol. The molecule has 1 saturated carbocycles. The summed E-state index contributed by atoms with van der Waals surface area (Å²) in [6.07, 6.45) is 8.99. The van der Waals surface area contributed by atoms with Crippen LogP contribution < -0.4 is 0 Å². The predicted octanol–water partition coefficient (Wildman–Crippen LogP) is 8.18. The summed E-state index contributed by atoms with van der Waals surface area (Å²) in [5, 5.41) is 0. The Morgan fingerprint density at radius 1 is 0.862 bits per heavy atom. The van der Waals surface area contributed by atoms with E-state index in [0.717, 1.165) is 29.2 Å². The molecule has 0 radical (unpaired) electrons. The van der Waals surface area contributed by atoms with Crippen LogP contribution in [0.2, 0.25) is 0 Å². The van der Waals surface area contributed by atoms with Gasteiger partial charge in [0.05, 0.1) is 0 Å². The summed E-state index contributed by atoms with van der Waals surface area (Å²) in [7, 11) is 0. The lowest BCUT2D eigenvalue weighted by atomic mass is 9.77. The van der Waals surface area contributed by atoms with E-state index < -0.39 is 17.4 Å². The molecule has 29 heavy (non-hydrogen) atoms. The Morgan fingerprint density at radius 3 is 2.17 bits per heavy atom. The summed E-state index contributed by atoms with van der Waals surface area (Å²) in [4.78, 5) is 0. The van der Waals surface area contributed by atoms with Gasteiger partial charge >= 0.3 is 11.8 Å². The van der Waals surface area contributed by atoms with Gasteiger partial charge < -0.3 is 0 Å². The molecule has 0 amide bonds. The van der Waals surface area contributed by atoms with Crippen molar-refractivity contribution in [3.05, 3.63) is 65.2 Å². The van der Waals surface area contributed by atoms with E-state index >= 15 is 0 Å². The molecule has 0 aromatic heterocycles. The van der Waals surface area contributed by atoms with Crippen molar-refractivity contribution in [3.63, 3.8) is 0 Å². The third kappa shape index (κ3) is 3.74. The van der Waals surface area contributed by atoms with Crippen molar-refractivity contribution in [1.29, 1.82) is 0 Å². The first-order valence-corrected chi connectivity index (χ1v) is 10.5. The third-order valence-corrected chi connectivity index (χ3v) is 6.54.